The molecule has 0 aliphatic heterocycles. The van der Waals surface area contributed by atoms with Gasteiger partial charge in [0.2, 0.25) is 0 Å². The number of nitrogens with zero attached hydrogens (tertiary/aromatic N) is 1. The van der Waals surface area contributed by atoms with Crippen LogP contribution in [0.2, 0.25) is 0 Å². The van der Waals surface area contributed by atoms with Crippen molar-refractivity contribution in [1.82, 2.24) is 4.98 Å². The van der Waals surface area contributed by atoms with Crippen LogP contribution in [0, 0.1) is 0 Å². The highest BCUT2D eigenvalue weighted by Gasteiger charge is 2.33. The van der Waals surface area contributed by atoms with Gasteiger partial charge in [0, 0.05) is 26.1 Å². The van der Waals surface area contributed by atoms with E-state index in [9.17, 15) is 9.13 Å². The molecule has 7 nitrogen and oxygen atoms in total. The van der Waals surface area contributed by atoms with E-state index < -0.39 is 14.3 Å². The molecule has 1 aromatic heterocycles. The maximum atomic E-state index is 10.0. The second-order valence-corrected chi connectivity index (χ2v) is 9.33. The Bertz CT molecular complexity index is 378. The van der Waals surface area contributed by atoms with E-state index in [-0.39, 0.29) is 0 Å². The minimum Gasteiger partial charge on any atom is -0.387 e. The van der Waals surface area contributed by atoms with Crippen molar-refractivity contribution in [2.45, 2.75) is 0 Å². The zero-order valence-corrected chi connectivity index (χ0v) is 10.6. The number of anilines is 1. The van der Waals surface area contributed by atoms with E-state index in [0.717, 1.165) is 5.69 Å². The predicted molar refractivity (Wildman–Crippen MR) is 61.6 cm³/mol. The van der Waals surface area contributed by atoms with Gasteiger partial charge in [-0.25, -0.2) is 4.57 Å². The normalized spacial score (nSPS) is 14.3. The quantitative estimate of drug-likeness (QED) is 0.593. The van der Waals surface area contributed by atoms with Gasteiger partial charge in [-0.15, -0.1) is 0 Å². The fraction of sp³-hybridized carbons (Fsp3) is 0.286. The van der Waals surface area contributed by atoms with Crippen LogP contribution in [0.5, 0.6) is 0 Å². The van der Waals surface area contributed by atoms with Crippen molar-refractivity contribution in [2.24, 2.45) is 0 Å². The molecule has 1 heterocycles. The second-order valence-electron chi connectivity index (χ2n) is 2.84. The molecule has 1 atom stereocenters. The van der Waals surface area contributed by atoms with Gasteiger partial charge in [-0.3, -0.25) is 9.55 Å². The Balaban J connectivity index is 0.000000281. The summed E-state index contributed by atoms with van der Waals surface area (Å²) in [6, 6.07) is 3.86. The van der Waals surface area contributed by atoms with Gasteiger partial charge in [-0.1, -0.05) is 0 Å². The predicted octanol–water partition coefficient (Wildman–Crippen LogP) is 1.10. The van der Waals surface area contributed by atoms with Crippen LogP contribution in [0.15, 0.2) is 24.5 Å². The Kier molecular flexibility index (Phi) is 5.86. The molecular formula is C7H14N2O5P2. The number of pyridine rings is 1. The van der Waals surface area contributed by atoms with Crippen LogP contribution in [-0.2, 0) is 9.13 Å². The molecule has 1 unspecified atom stereocenters. The minimum atomic E-state index is -4.74. The average molecular weight is 268 g/mol. The number of hydrogen-bond donors (Lipinski definition) is 4. The lowest BCUT2D eigenvalue weighted by Crippen LogP contribution is -1.86. The number of rotatable bonds is 2. The van der Waals surface area contributed by atoms with E-state index in [1.807, 2.05) is 19.2 Å². The average Bonchev–Trinajstić information content (AvgIpc) is 2.17. The highest BCUT2D eigenvalue weighted by molar-refractivity contribution is 8.28. The van der Waals surface area contributed by atoms with Gasteiger partial charge in [-0.2, -0.15) is 0 Å². The zero-order chi connectivity index (χ0) is 12.8. The zero-order valence-electron chi connectivity index (χ0n) is 8.81. The van der Waals surface area contributed by atoms with Crippen LogP contribution in [0.3, 0.4) is 0 Å². The lowest BCUT2D eigenvalue weighted by molar-refractivity contribution is 0.378. The summed E-state index contributed by atoms with van der Waals surface area (Å²) < 4.78 is 19.9. The van der Waals surface area contributed by atoms with E-state index in [1.165, 1.54) is 0 Å². The van der Waals surface area contributed by atoms with Crippen molar-refractivity contribution in [2.75, 3.05) is 19.0 Å². The fourth-order valence-corrected chi connectivity index (χ4v) is 0.511. The Morgan fingerprint density at radius 2 is 1.81 bits per heavy atom. The van der Waals surface area contributed by atoms with Gasteiger partial charge >= 0.3 is 14.3 Å². The first-order valence-corrected chi connectivity index (χ1v) is 8.55. The maximum absolute atomic E-state index is 10.0. The first-order chi connectivity index (χ1) is 7.18. The van der Waals surface area contributed by atoms with Crippen LogP contribution < -0.4 is 5.32 Å². The van der Waals surface area contributed by atoms with Crippen molar-refractivity contribution < 1.29 is 23.8 Å². The van der Waals surface area contributed by atoms with Crippen LogP contribution in [0.1, 0.15) is 0 Å². The summed E-state index contributed by atoms with van der Waals surface area (Å²) in [5, 5.41) is 2.96. The van der Waals surface area contributed by atoms with E-state index in [2.05, 4.69) is 10.3 Å². The first-order valence-electron chi connectivity index (χ1n) is 4.12. The van der Waals surface area contributed by atoms with Crippen LogP contribution in [0.25, 0.3) is 0 Å². The van der Waals surface area contributed by atoms with E-state index in [4.69, 9.17) is 14.7 Å². The highest BCUT2D eigenvalue weighted by atomic mass is 32.1. The summed E-state index contributed by atoms with van der Waals surface area (Å²) in [6.07, 6.45) is 3.53. The summed E-state index contributed by atoms with van der Waals surface area (Å²) in [7, 11) is -7.05. The Morgan fingerprint density at radius 3 is 2.00 bits per heavy atom. The molecule has 0 bridgehead atoms. The molecule has 0 spiro atoms. The Hall–Kier alpha value is -0.710. The Labute approximate surface area is 93.1 Å². The molecule has 1 aromatic rings. The van der Waals surface area contributed by atoms with Gasteiger partial charge in [0.25, 0.3) is 0 Å². The first kappa shape index (κ1) is 15.3. The van der Waals surface area contributed by atoms with Crippen molar-refractivity contribution in [3.63, 3.8) is 0 Å². The van der Waals surface area contributed by atoms with Crippen molar-refractivity contribution in [3.05, 3.63) is 24.5 Å². The van der Waals surface area contributed by atoms with E-state index >= 15 is 0 Å². The molecule has 92 valence electrons. The standard InChI is InChI=1S/C6H8N2.CH6O5P2/c1-7-6-3-2-4-8-5-6;1-7(2,3)8(4,5)6/h2-5,7H,1H3;1H3,(H,2,3)(H2,4,5,6). The maximum Gasteiger partial charge on any atom is 0.407 e. The van der Waals surface area contributed by atoms with Gasteiger partial charge in [0.15, 0.2) is 0 Å². The van der Waals surface area contributed by atoms with Crippen LogP contribution in [0.4, 0.5) is 5.69 Å². The largest absolute Gasteiger partial charge is 0.407 e. The second kappa shape index (κ2) is 6.13. The highest BCUT2D eigenvalue weighted by Crippen LogP contribution is 2.71. The lowest BCUT2D eigenvalue weighted by atomic mass is 10.4. The molecule has 16 heavy (non-hydrogen) atoms. The minimum absolute atomic E-state index is 0.619. The van der Waals surface area contributed by atoms with Gasteiger partial charge in [0.1, 0.15) is 0 Å². The summed E-state index contributed by atoms with van der Waals surface area (Å²) in [4.78, 5) is 27.9. The monoisotopic (exact) mass is 268 g/mol. The molecule has 9 heteroatoms. The lowest BCUT2D eigenvalue weighted by Gasteiger charge is -2.04. The third kappa shape index (κ3) is 6.00. The third-order valence-electron chi connectivity index (χ3n) is 1.43. The molecule has 0 saturated carbocycles. The number of hydrogen-bond acceptors (Lipinski definition) is 4. The Morgan fingerprint density at radius 1 is 1.31 bits per heavy atom. The third-order valence-corrected chi connectivity index (χ3v) is 5.30. The molecular weight excluding hydrogens is 254 g/mol. The van der Waals surface area contributed by atoms with Gasteiger partial charge < -0.3 is 20.0 Å². The van der Waals surface area contributed by atoms with Crippen molar-refractivity contribution >= 4 is 20.0 Å². The number of aromatic nitrogens is 1. The molecule has 0 saturated heterocycles. The molecule has 1 rings (SSSR count). The molecule has 0 aromatic carbocycles. The molecule has 0 aliphatic rings. The molecule has 0 fully saturated rings. The van der Waals surface area contributed by atoms with E-state index in [0.29, 0.717) is 6.66 Å². The van der Waals surface area contributed by atoms with Crippen molar-refractivity contribution in [3.8, 4) is 0 Å². The topological polar surface area (TPSA) is 120 Å². The van der Waals surface area contributed by atoms with Crippen LogP contribution in [-0.4, -0.2) is 33.4 Å². The number of nitrogens with one attached hydrogen (secondary N) is 1. The molecule has 0 aliphatic carbocycles. The summed E-state index contributed by atoms with van der Waals surface area (Å²) >= 11 is 0. The van der Waals surface area contributed by atoms with Crippen LogP contribution >= 0.6 is 14.3 Å². The molecule has 4 N–H and O–H groups in total. The van der Waals surface area contributed by atoms with E-state index in [1.54, 1.807) is 12.4 Å². The molecule has 0 amide bonds. The summed E-state index contributed by atoms with van der Waals surface area (Å²) in [6.45, 7) is 0.619. The van der Waals surface area contributed by atoms with Crippen molar-refractivity contribution in [1.29, 1.82) is 0 Å². The summed E-state index contributed by atoms with van der Waals surface area (Å²) in [5.74, 6) is 0. The molecule has 0 radical (unpaired) electrons. The smallest absolute Gasteiger partial charge is 0.387 e. The SMILES string of the molecule is CNc1cccnc1.CP(=O)(O)P(=O)(O)O. The fourth-order valence-electron chi connectivity index (χ4n) is 0.511. The van der Waals surface area contributed by atoms with Gasteiger partial charge in [0.05, 0.1) is 5.69 Å². The summed E-state index contributed by atoms with van der Waals surface area (Å²) in [5.41, 5.74) is 1.05. The van der Waals surface area contributed by atoms with Gasteiger partial charge in [-0.05, 0) is 12.1 Å².